The summed E-state index contributed by atoms with van der Waals surface area (Å²) in [7, 11) is 0. The zero-order chi connectivity index (χ0) is 13.1. The Labute approximate surface area is 111 Å². The summed E-state index contributed by atoms with van der Waals surface area (Å²) in [6.07, 6.45) is 0. The average Bonchev–Trinajstić information content (AvgIpc) is 2.48. The van der Waals surface area contributed by atoms with Crippen LogP contribution in [0.15, 0.2) is 53.5 Å². The van der Waals surface area contributed by atoms with Gasteiger partial charge in [-0.3, -0.25) is 0 Å². The van der Waals surface area contributed by atoms with Crippen LogP contribution in [-0.2, 0) is 6.54 Å². The SMILES string of the molecule is N#Cc1ccccc1NC1=NCc2ccccc2N1. The number of benzene rings is 2. The third-order valence-corrected chi connectivity index (χ3v) is 2.98. The lowest BCUT2D eigenvalue weighted by Crippen LogP contribution is -2.26. The van der Waals surface area contributed by atoms with Gasteiger partial charge < -0.3 is 10.6 Å². The van der Waals surface area contributed by atoms with Gasteiger partial charge in [-0.15, -0.1) is 0 Å². The molecular weight excluding hydrogens is 236 g/mol. The zero-order valence-corrected chi connectivity index (χ0v) is 10.2. The number of nitriles is 1. The van der Waals surface area contributed by atoms with Crippen LogP contribution in [-0.4, -0.2) is 5.96 Å². The van der Waals surface area contributed by atoms with Gasteiger partial charge in [0.1, 0.15) is 6.07 Å². The van der Waals surface area contributed by atoms with E-state index in [-0.39, 0.29) is 0 Å². The second-order valence-corrected chi connectivity index (χ2v) is 4.23. The zero-order valence-electron chi connectivity index (χ0n) is 10.2. The van der Waals surface area contributed by atoms with Gasteiger partial charge >= 0.3 is 0 Å². The van der Waals surface area contributed by atoms with E-state index in [0.717, 1.165) is 11.4 Å². The Morgan fingerprint density at radius 2 is 1.89 bits per heavy atom. The van der Waals surface area contributed by atoms with Gasteiger partial charge in [0, 0.05) is 5.69 Å². The summed E-state index contributed by atoms with van der Waals surface area (Å²) >= 11 is 0. The molecule has 4 heteroatoms. The first-order valence-corrected chi connectivity index (χ1v) is 6.02. The van der Waals surface area contributed by atoms with Crippen molar-refractivity contribution in [2.75, 3.05) is 10.6 Å². The molecule has 2 aromatic carbocycles. The van der Waals surface area contributed by atoms with Crippen LogP contribution in [0.2, 0.25) is 0 Å². The predicted molar refractivity (Wildman–Crippen MR) is 76.0 cm³/mol. The van der Waals surface area contributed by atoms with Crippen LogP contribution in [0.4, 0.5) is 11.4 Å². The summed E-state index contributed by atoms with van der Waals surface area (Å²) in [5.74, 6) is 0.668. The van der Waals surface area contributed by atoms with Crippen LogP contribution in [0.5, 0.6) is 0 Å². The number of nitrogens with zero attached hydrogens (tertiary/aromatic N) is 2. The van der Waals surface area contributed by atoms with Gasteiger partial charge in [-0.1, -0.05) is 30.3 Å². The Bertz CT molecular complexity index is 683. The maximum absolute atomic E-state index is 9.06. The molecule has 0 saturated carbocycles. The fraction of sp³-hybridized carbons (Fsp3) is 0.0667. The van der Waals surface area contributed by atoms with Crippen LogP contribution in [0.25, 0.3) is 0 Å². The molecule has 0 unspecified atom stereocenters. The van der Waals surface area contributed by atoms with Crippen LogP contribution < -0.4 is 10.6 Å². The minimum absolute atomic E-state index is 0.603. The maximum atomic E-state index is 9.06. The minimum Gasteiger partial charge on any atom is -0.326 e. The topological polar surface area (TPSA) is 60.2 Å². The lowest BCUT2D eigenvalue weighted by atomic mass is 10.1. The highest BCUT2D eigenvalue weighted by Crippen LogP contribution is 2.21. The van der Waals surface area contributed by atoms with Crippen molar-refractivity contribution in [3.63, 3.8) is 0 Å². The first-order valence-electron chi connectivity index (χ1n) is 6.02. The Hall–Kier alpha value is -2.80. The largest absolute Gasteiger partial charge is 0.326 e. The molecule has 0 amide bonds. The number of guanidine groups is 1. The van der Waals surface area contributed by atoms with E-state index in [0.29, 0.717) is 18.1 Å². The number of nitrogens with one attached hydrogen (secondary N) is 2. The predicted octanol–water partition coefficient (Wildman–Crippen LogP) is 2.95. The lowest BCUT2D eigenvalue weighted by Gasteiger charge is -2.19. The maximum Gasteiger partial charge on any atom is 0.200 e. The van der Waals surface area contributed by atoms with Gasteiger partial charge in [0.05, 0.1) is 17.8 Å². The molecule has 0 radical (unpaired) electrons. The number of rotatable bonds is 1. The normalized spacial score (nSPS) is 12.7. The molecular formula is C15H12N4. The van der Waals surface area contributed by atoms with E-state index in [9.17, 15) is 0 Å². The first-order chi connectivity index (χ1) is 9.36. The van der Waals surface area contributed by atoms with Gasteiger partial charge in [0.15, 0.2) is 0 Å². The van der Waals surface area contributed by atoms with Crippen LogP contribution >= 0.6 is 0 Å². The summed E-state index contributed by atoms with van der Waals surface area (Å²) in [6.45, 7) is 0.639. The molecule has 0 spiro atoms. The number of fused-ring (bicyclic) bond motifs is 1. The van der Waals surface area contributed by atoms with Crippen molar-refractivity contribution < 1.29 is 0 Å². The summed E-state index contributed by atoms with van der Waals surface area (Å²) in [4.78, 5) is 4.43. The van der Waals surface area contributed by atoms with E-state index in [2.05, 4.69) is 21.7 Å². The van der Waals surface area contributed by atoms with E-state index < -0.39 is 0 Å². The fourth-order valence-corrected chi connectivity index (χ4v) is 2.00. The third-order valence-electron chi connectivity index (χ3n) is 2.98. The summed E-state index contributed by atoms with van der Waals surface area (Å²) in [5.41, 5.74) is 3.58. The van der Waals surface area contributed by atoms with E-state index >= 15 is 0 Å². The highest BCUT2D eigenvalue weighted by atomic mass is 15.2. The molecule has 4 nitrogen and oxygen atoms in total. The molecule has 0 aliphatic carbocycles. The molecule has 0 bridgehead atoms. The van der Waals surface area contributed by atoms with Gasteiger partial charge in [-0.25, -0.2) is 4.99 Å². The molecule has 0 fully saturated rings. The van der Waals surface area contributed by atoms with E-state index in [4.69, 9.17) is 5.26 Å². The molecule has 19 heavy (non-hydrogen) atoms. The van der Waals surface area contributed by atoms with Crippen molar-refractivity contribution in [2.45, 2.75) is 6.54 Å². The lowest BCUT2D eigenvalue weighted by molar-refractivity contribution is 1.04. The minimum atomic E-state index is 0.603. The van der Waals surface area contributed by atoms with Crippen molar-refractivity contribution in [1.29, 1.82) is 5.26 Å². The number of anilines is 2. The van der Waals surface area contributed by atoms with E-state index in [1.807, 2.05) is 42.5 Å². The van der Waals surface area contributed by atoms with E-state index in [1.165, 1.54) is 5.56 Å². The monoisotopic (exact) mass is 248 g/mol. The summed E-state index contributed by atoms with van der Waals surface area (Å²) in [5, 5.41) is 15.4. The molecule has 92 valence electrons. The van der Waals surface area contributed by atoms with Crippen molar-refractivity contribution >= 4 is 17.3 Å². The summed E-state index contributed by atoms with van der Waals surface area (Å²) in [6, 6.07) is 17.6. The van der Waals surface area contributed by atoms with Crippen LogP contribution in [0.3, 0.4) is 0 Å². The second-order valence-electron chi connectivity index (χ2n) is 4.23. The number of para-hydroxylation sites is 2. The molecule has 2 N–H and O–H groups in total. The van der Waals surface area contributed by atoms with E-state index in [1.54, 1.807) is 6.07 Å². The van der Waals surface area contributed by atoms with Crippen molar-refractivity contribution in [1.82, 2.24) is 0 Å². The Morgan fingerprint density at radius 1 is 1.11 bits per heavy atom. The third kappa shape index (κ3) is 2.26. The molecule has 2 aromatic rings. The first kappa shape index (κ1) is 11.3. The summed E-state index contributed by atoms with van der Waals surface area (Å²) < 4.78 is 0. The Kier molecular flexibility index (Phi) is 2.87. The highest BCUT2D eigenvalue weighted by Gasteiger charge is 2.11. The molecule has 1 aliphatic heterocycles. The second kappa shape index (κ2) is 4.83. The molecule has 1 heterocycles. The fourth-order valence-electron chi connectivity index (χ4n) is 2.00. The van der Waals surface area contributed by atoms with Gasteiger partial charge in [0.2, 0.25) is 5.96 Å². The Balaban J connectivity index is 1.83. The molecule has 0 saturated heterocycles. The van der Waals surface area contributed by atoms with Crippen molar-refractivity contribution in [2.24, 2.45) is 4.99 Å². The average molecular weight is 248 g/mol. The van der Waals surface area contributed by atoms with Crippen molar-refractivity contribution in [3.8, 4) is 6.07 Å². The molecule has 3 rings (SSSR count). The number of hydrogen-bond donors (Lipinski definition) is 2. The smallest absolute Gasteiger partial charge is 0.200 e. The number of hydrogen-bond acceptors (Lipinski definition) is 4. The van der Waals surface area contributed by atoms with Gasteiger partial charge in [0.25, 0.3) is 0 Å². The quantitative estimate of drug-likeness (QED) is 0.815. The number of aliphatic imine (C=N–C) groups is 1. The van der Waals surface area contributed by atoms with Crippen LogP contribution in [0.1, 0.15) is 11.1 Å². The standard InChI is InChI=1S/C15H12N4/c16-9-11-5-1-3-7-13(11)18-15-17-10-12-6-2-4-8-14(12)19-15/h1-8H,10H2,(H2,17,18,19). The molecule has 0 atom stereocenters. The molecule has 0 aromatic heterocycles. The van der Waals surface area contributed by atoms with Gasteiger partial charge in [-0.05, 0) is 23.8 Å². The Morgan fingerprint density at radius 3 is 2.79 bits per heavy atom. The van der Waals surface area contributed by atoms with Crippen LogP contribution in [0, 0.1) is 11.3 Å². The van der Waals surface area contributed by atoms with Crippen molar-refractivity contribution in [3.05, 3.63) is 59.7 Å². The highest BCUT2D eigenvalue weighted by molar-refractivity contribution is 6.05. The van der Waals surface area contributed by atoms with Gasteiger partial charge in [-0.2, -0.15) is 5.26 Å². The molecule has 1 aliphatic rings.